The summed E-state index contributed by atoms with van der Waals surface area (Å²) >= 11 is 0. The molecule has 0 atom stereocenters. The van der Waals surface area contributed by atoms with E-state index in [1.807, 2.05) is 13.8 Å². The maximum absolute atomic E-state index is 2.12. The van der Waals surface area contributed by atoms with Crippen molar-refractivity contribution in [3.05, 3.63) is 0 Å². The Morgan fingerprint density at radius 1 is 0.583 bits per heavy atom. The molecule has 0 N–H and O–H groups in total. The smallest absolute Gasteiger partial charge is 0.0533 e. The highest BCUT2D eigenvalue weighted by Crippen LogP contribution is 2.15. The molecule has 0 amide bonds. The predicted octanol–water partition coefficient (Wildman–Crippen LogP) is 5.42. The van der Waals surface area contributed by atoms with E-state index in [9.17, 15) is 0 Å². The van der Waals surface area contributed by atoms with Gasteiger partial charge in [-0.05, 0) is 0 Å². The second-order valence-corrected chi connectivity index (χ2v) is 2.83. The first-order valence-corrected chi connectivity index (χ1v) is 5.83. The van der Waals surface area contributed by atoms with Crippen LogP contribution in [-0.4, -0.2) is 0 Å². The largest absolute Gasteiger partial charge is 0.0683 e. The van der Waals surface area contributed by atoms with E-state index in [0.717, 1.165) is 0 Å². The molecule has 1 aliphatic carbocycles. The standard InChI is InChI=1S/C4H8.2C3H8.C2H6/c1-2-4-3-1;2*1-3-2;1-2/h1-4H2;2*3H2,1-2H3;1-2H3. The van der Waals surface area contributed by atoms with Crippen LogP contribution >= 0.6 is 0 Å². The maximum atomic E-state index is 2.12. The predicted molar refractivity (Wildman–Crippen MR) is 61.7 cm³/mol. The van der Waals surface area contributed by atoms with E-state index in [2.05, 4.69) is 27.7 Å². The lowest BCUT2D eigenvalue weighted by Crippen LogP contribution is -1.85. The molecule has 78 valence electrons. The van der Waals surface area contributed by atoms with Crippen molar-refractivity contribution >= 4 is 0 Å². The van der Waals surface area contributed by atoms with Crippen molar-refractivity contribution in [1.82, 2.24) is 0 Å². The lowest BCUT2D eigenvalue weighted by Gasteiger charge is -2.05. The number of hydrogen-bond donors (Lipinski definition) is 0. The molecule has 0 aromatic heterocycles. The van der Waals surface area contributed by atoms with Crippen LogP contribution in [-0.2, 0) is 0 Å². The zero-order chi connectivity index (χ0) is 10.2. The third-order valence-corrected chi connectivity index (χ3v) is 1.000. The fourth-order valence-corrected chi connectivity index (χ4v) is 0.250. The molecule has 0 aromatic rings. The Labute approximate surface area is 80.8 Å². The minimum atomic E-state index is 1.25. The van der Waals surface area contributed by atoms with E-state index >= 15 is 0 Å². The van der Waals surface area contributed by atoms with Crippen molar-refractivity contribution in [2.24, 2.45) is 0 Å². The van der Waals surface area contributed by atoms with Gasteiger partial charge in [0.2, 0.25) is 0 Å². The molecule has 1 rings (SSSR count). The molecule has 0 saturated heterocycles. The highest BCUT2D eigenvalue weighted by molar-refractivity contribution is 4.50. The topological polar surface area (TPSA) is 0 Å². The average molecular weight is 174 g/mol. The highest BCUT2D eigenvalue weighted by atomic mass is 14.0. The van der Waals surface area contributed by atoms with Crippen LogP contribution in [0.3, 0.4) is 0 Å². The van der Waals surface area contributed by atoms with Gasteiger partial charge in [-0.15, -0.1) is 0 Å². The summed E-state index contributed by atoms with van der Waals surface area (Å²) in [6.45, 7) is 12.5. The van der Waals surface area contributed by atoms with Crippen molar-refractivity contribution < 1.29 is 0 Å². The Balaban J connectivity index is -0.0000000940. The minimum Gasteiger partial charge on any atom is -0.0683 e. The van der Waals surface area contributed by atoms with Crippen LogP contribution in [0.15, 0.2) is 0 Å². The molecule has 1 saturated carbocycles. The number of hydrogen-bond acceptors (Lipinski definition) is 0. The average Bonchev–Trinajstić information content (AvgIpc) is 1.90. The molecule has 0 radical (unpaired) electrons. The monoisotopic (exact) mass is 174 g/mol. The quantitative estimate of drug-likeness (QED) is 0.460. The zero-order valence-corrected chi connectivity index (χ0v) is 10.2. The van der Waals surface area contributed by atoms with Crippen molar-refractivity contribution in [3.8, 4) is 0 Å². The van der Waals surface area contributed by atoms with E-state index in [1.165, 1.54) is 38.5 Å². The first-order chi connectivity index (χ1) is 5.83. The van der Waals surface area contributed by atoms with Gasteiger partial charge in [0.25, 0.3) is 0 Å². The van der Waals surface area contributed by atoms with Crippen LogP contribution in [0.5, 0.6) is 0 Å². The molecular formula is C12H30. The molecule has 1 aliphatic rings. The van der Waals surface area contributed by atoms with Gasteiger partial charge in [0.1, 0.15) is 0 Å². The second kappa shape index (κ2) is 30.6. The fraction of sp³-hybridized carbons (Fsp3) is 1.00. The SMILES string of the molecule is C1CCC1.CC.CCC.CCC. The molecule has 0 spiro atoms. The van der Waals surface area contributed by atoms with Crippen LogP contribution in [0, 0.1) is 0 Å². The lowest BCUT2D eigenvalue weighted by molar-refractivity contribution is 0.504. The first-order valence-electron chi connectivity index (χ1n) is 5.83. The van der Waals surface area contributed by atoms with Gasteiger partial charge >= 0.3 is 0 Å². The van der Waals surface area contributed by atoms with Crippen molar-refractivity contribution in [2.75, 3.05) is 0 Å². The molecule has 12 heavy (non-hydrogen) atoms. The van der Waals surface area contributed by atoms with Crippen molar-refractivity contribution in [2.45, 2.75) is 80.1 Å². The van der Waals surface area contributed by atoms with Gasteiger partial charge in [-0.1, -0.05) is 80.1 Å². The lowest BCUT2D eigenvalue weighted by atomic mass is 10.0. The molecule has 0 aromatic carbocycles. The van der Waals surface area contributed by atoms with Crippen LogP contribution in [0.25, 0.3) is 0 Å². The van der Waals surface area contributed by atoms with E-state index in [0.29, 0.717) is 0 Å². The van der Waals surface area contributed by atoms with Crippen LogP contribution in [0.4, 0.5) is 0 Å². The van der Waals surface area contributed by atoms with Gasteiger partial charge in [-0.2, -0.15) is 0 Å². The Morgan fingerprint density at radius 2 is 0.667 bits per heavy atom. The van der Waals surface area contributed by atoms with Gasteiger partial charge in [0.05, 0.1) is 0 Å². The van der Waals surface area contributed by atoms with Gasteiger partial charge in [-0.25, -0.2) is 0 Å². The Morgan fingerprint density at radius 3 is 0.667 bits per heavy atom. The summed E-state index contributed by atoms with van der Waals surface area (Å²) in [4.78, 5) is 0. The molecule has 0 bridgehead atoms. The van der Waals surface area contributed by atoms with Gasteiger partial charge in [-0.3, -0.25) is 0 Å². The summed E-state index contributed by atoms with van der Waals surface area (Å²) < 4.78 is 0. The molecule has 0 unspecified atom stereocenters. The summed E-state index contributed by atoms with van der Waals surface area (Å²) in [6, 6.07) is 0. The van der Waals surface area contributed by atoms with E-state index < -0.39 is 0 Å². The first kappa shape index (κ1) is 17.9. The van der Waals surface area contributed by atoms with Crippen molar-refractivity contribution in [1.29, 1.82) is 0 Å². The van der Waals surface area contributed by atoms with E-state index in [-0.39, 0.29) is 0 Å². The summed E-state index contributed by atoms with van der Waals surface area (Å²) in [5, 5.41) is 0. The van der Waals surface area contributed by atoms with Crippen LogP contribution in [0.2, 0.25) is 0 Å². The van der Waals surface area contributed by atoms with Crippen LogP contribution < -0.4 is 0 Å². The summed E-state index contributed by atoms with van der Waals surface area (Å²) in [6.07, 6.45) is 8.50. The molecule has 0 aliphatic heterocycles. The highest BCUT2D eigenvalue weighted by Gasteiger charge is 1.95. The minimum absolute atomic E-state index is 1.25. The third kappa shape index (κ3) is 50.6. The van der Waals surface area contributed by atoms with E-state index in [4.69, 9.17) is 0 Å². The number of rotatable bonds is 0. The summed E-state index contributed by atoms with van der Waals surface area (Å²) in [5.41, 5.74) is 0. The molecule has 0 heteroatoms. The van der Waals surface area contributed by atoms with Crippen LogP contribution in [0.1, 0.15) is 80.1 Å². The Hall–Kier alpha value is 0. The Bertz CT molecular complexity index is 21.0. The van der Waals surface area contributed by atoms with Gasteiger partial charge < -0.3 is 0 Å². The Kier molecular flexibility index (Phi) is 45.6. The molecule has 0 heterocycles. The maximum Gasteiger partial charge on any atom is -0.0533 e. The molecular weight excluding hydrogens is 144 g/mol. The third-order valence-electron chi connectivity index (χ3n) is 1.000. The molecule has 0 nitrogen and oxygen atoms in total. The zero-order valence-electron chi connectivity index (χ0n) is 10.2. The van der Waals surface area contributed by atoms with Gasteiger partial charge in [0, 0.05) is 0 Å². The normalized spacial score (nSPS) is 11.5. The van der Waals surface area contributed by atoms with E-state index in [1.54, 1.807) is 0 Å². The summed E-state index contributed by atoms with van der Waals surface area (Å²) in [7, 11) is 0. The molecule has 1 fully saturated rings. The second-order valence-electron chi connectivity index (χ2n) is 2.83. The van der Waals surface area contributed by atoms with Crippen molar-refractivity contribution in [3.63, 3.8) is 0 Å². The fourth-order valence-electron chi connectivity index (χ4n) is 0.250. The summed E-state index contributed by atoms with van der Waals surface area (Å²) in [5.74, 6) is 0. The van der Waals surface area contributed by atoms with Gasteiger partial charge in [0.15, 0.2) is 0 Å².